The van der Waals surface area contributed by atoms with Crippen LogP contribution in [0.25, 0.3) is 5.65 Å². The number of nitrogens with one attached hydrogen (secondary N) is 1. The standard InChI is InChI=1S/C19H22N4OS/c1-12-10-13(2)23-18(21-12)15(11-20-23)19(24)22-17(14-6-3-4-7-14)16-8-5-9-25-16/h5,8-11,14,17H,3-4,6-7H2,1-2H3,(H,22,24)/t17-/m1/s1. The number of fused-ring (bicyclic) bond motifs is 1. The van der Waals surface area contributed by atoms with Crippen molar-refractivity contribution in [3.05, 3.63) is 51.6 Å². The molecule has 25 heavy (non-hydrogen) atoms. The van der Waals surface area contributed by atoms with Crippen LogP contribution in [0, 0.1) is 19.8 Å². The fourth-order valence-electron chi connectivity index (χ4n) is 3.83. The van der Waals surface area contributed by atoms with E-state index in [4.69, 9.17) is 0 Å². The molecule has 3 aromatic heterocycles. The zero-order chi connectivity index (χ0) is 17.4. The summed E-state index contributed by atoms with van der Waals surface area (Å²) in [6, 6.07) is 6.22. The largest absolute Gasteiger partial charge is 0.344 e. The van der Waals surface area contributed by atoms with Crippen LogP contribution in [0.1, 0.15) is 58.3 Å². The number of nitrogens with zero attached hydrogens (tertiary/aromatic N) is 3. The zero-order valence-corrected chi connectivity index (χ0v) is 15.3. The minimum Gasteiger partial charge on any atom is -0.344 e. The number of amides is 1. The van der Waals surface area contributed by atoms with Gasteiger partial charge in [0.15, 0.2) is 5.65 Å². The first kappa shape index (κ1) is 16.3. The first-order valence-corrected chi connectivity index (χ1v) is 9.67. The maximum Gasteiger partial charge on any atom is 0.257 e. The Morgan fingerprint density at radius 3 is 2.88 bits per heavy atom. The summed E-state index contributed by atoms with van der Waals surface area (Å²) in [5.74, 6) is 0.429. The molecule has 1 amide bonds. The molecule has 0 aliphatic heterocycles. The van der Waals surface area contributed by atoms with E-state index in [2.05, 4.69) is 32.9 Å². The Bertz CT molecular complexity index is 894. The highest BCUT2D eigenvalue weighted by Gasteiger charge is 2.29. The molecule has 1 atom stereocenters. The normalized spacial score (nSPS) is 16.4. The van der Waals surface area contributed by atoms with Crippen LogP contribution >= 0.6 is 11.3 Å². The smallest absolute Gasteiger partial charge is 0.257 e. The van der Waals surface area contributed by atoms with Gasteiger partial charge in [0.1, 0.15) is 5.56 Å². The van der Waals surface area contributed by atoms with Crippen LogP contribution < -0.4 is 5.32 Å². The second-order valence-electron chi connectivity index (χ2n) is 6.84. The molecule has 0 aromatic carbocycles. The number of carbonyl (C=O) groups excluding carboxylic acids is 1. The van der Waals surface area contributed by atoms with Gasteiger partial charge < -0.3 is 5.32 Å². The predicted molar refractivity (Wildman–Crippen MR) is 98.9 cm³/mol. The molecule has 1 fully saturated rings. The molecule has 0 unspecified atom stereocenters. The minimum atomic E-state index is -0.0854. The molecule has 0 saturated heterocycles. The fraction of sp³-hybridized carbons (Fsp3) is 0.421. The third-order valence-corrected chi connectivity index (χ3v) is 5.99. The summed E-state index contributed by atoms with van der Waals surface area (Å²) in [6.07, 6.45) is 6.48. The van der Waals surface area contributed by atoms with Gasteiger partial charge in [-0.25, -0.2) is 9.50 Å². The molecule has 1 saturated carbocycles. The number of carbonyl (C=O) groups is 1. The third-order valence-electron chi connectivity index (χ3n) is 5.03. The molecule has 3 heterocycles. The zero-order valence-electron chi connectivity index (χ0n) is 14.5. The highest BCUT2D eigenvalue weighted by atomic mass is 32.1. The van der Waals surface area contributed by atoms with E-state index in [9.17, 15) is 4.79 Å². The summed E-state index contributed by atoms with van der Waals surface area (Å²) < 4.78 is 1.73. The monoisotopic (exact) mass is 354 g/mol. The average Bonchev–Trinajstić information content (AvgIpc) is 3.32. The number of hydrogen-bond donors (Lipinski definition) is 1. The Hall–Kier alpha value is -2.21. The molecule has 4 rings (SSSR count). The van der Waals surface area contributed by atoms with E-state index in [0.29, 0.717) is 17.1 Å². The lowest BCUT2D eigenvalue weighted by Gasteiger charge is -2.23. The lowest BCUT2D eigenvalue weighted by molar-refractivity contribution is 0.0924. The number of aromatic nitrogens is 3. The second-order valence-corrected chi connectivity index (χ2v) is 7.82. The molecule has 130 valence electrons. The SMILES string of the molecule is Cc1cc(C)n2ncc(C(=O)N[C@@H](c3cccs3)C3CCCC3)c2n1. The van der Waals surface area contributed by atoms with E-state index < -0.39 is 0 Å². The van der Waals surface area contributed by atoms with Crippen molar-refractivity contribution < 1.29 is 4.79 Å². The lowest BCUT2D eigenvalue weighted by Crippen LogP contribution is -2.32. The molecule has 0 bridgehead atoms. The summed E-state index contributed by atoms with van der Waals surface area (Å²) in [7, 11) is 0. The molecular weight excluding hydrogens is 332 g/mol. The molecule has 3 aromatic rings. The van der Waals surface area contributed by atoms with Crippen LogP contribution in [-0.4, -0.2) is 20.5 Å². The van der Waals surface area contributed by atoms with E-state index in [0.717, 1.165) is 11.4 Å². The fourth-order valence-corrected chi connectivity index (χ4v) is 4.70. The summed E-state index contributed by atoms with van der Waals surface area (Å²) in [4.78, 5) is 18.8. The van der Waals surface area contributed by atoms with Crippen LogP contribution in [0.2, 0.25) is 0 Å². The lowest BCUT2D eigenvalue weighted by atomic mass is 9.96. The van der Waals surface area contributed by atoms with E-state index >= 15 is 0 Å². The minimum absolute atomic E-state index is 0.0795. The van der Waals surface area contributed by atoms with E-state index in [-0.39, 0.29) is 11.9 Å². The van der Waals surface area contributed by atoms with Gasteiger partial charge in [0.2, 0.25) is 0 Å². The van der Waals surface area contributed by atoms with Crippen molar-refractivity contribution in [2.45, 2.75) is 45.6 Å². The topological polar surface area (TPSA) is 59.3 Å². The molecule has 0 spiro atoms. The Balaban J connectivity index is 1.66. The Morgan fingerprint density at radius 2 is 2.16 bits per heavy atom. The van der Waals surface area contributed by atoms with Crippen molar-refractivity contribution >= 4 is 22.9 Å². The third kappa shape index (κ3) is 3.06. The van der Waals surface area contributed by atoms with Gasteiger partial charge in [-0.3, -0.25) is 4.79 Å². The van der Waals surface area contributed by atoms with Gasteiger partial charge in [-0.15, -0.1) is 11.3 Å². The summed E-state index contributed by atoms with van der Waals surface area (Å²) in [5, 5.41) is 9.69. The van der Waals surface area contributed by atoms with Crippen molar-refractivity contribution in [2.75, 3.05) is 0 Å². The molecular formula is C19H22N4OS. The maximum atomic E-state index is 13.0. The Kier molecular flexibility index (Phi) is 4.29. The van der Waals surface area contributed by atoms with Crippen LogP contribution in [0.3, 0.4) is 0 Å². The van der Waals surface area contributed by atoms with Crippen molar-refractivity contribution in [1.82, 2.24) is 19.9 Å². The molecule has 1 N–H and O–H groups in total. The van der Waals surface area contributed by atoms with Crippen molar-refractivity contribution in [2.24, 2.45) is 5.92 Å². The van der Waals surface area contributed by atoms with Crippen LogP contribution in [-0.2, 0) is 0 Å². The molecule has 5 nitrogen and oxygen atoms in total. The number of thiophene rings is 1. The molecule has 0 radical (unpaired) electrons. The number of rotatable bonds is 4. The van der Waals surface area contributed by atoms with E-state index in [1.807, 2.05) is 19.9 Å². The number of aryl methyl sites for hydroxylation is 2. The Labute approximate surface area is 151 Å². The van der Waals surface area contributed by atoms with Gasteiger partial charge in [-0.2, -0.15) is 5.10 Å². The molecule has 1 aliphatic carbocycles. The predicted octanol–water partition coefficient (Wildman–Crippen LogP) is 4.07. The van der Waals surface area contributed by atoms with Gasteiger partial charge in [0, 0.05) is 16.3 Å². The Morgan fingerprint density at radius 1 is 1.36 bits per heavy atom. The quantitative estimate of drug-likeness (QED) is 0.768. The van der Waals surface area contributed by atoms with Gasteiger partial charge >= 0.3 is 0 Å². The number of hydrogen-bond acceptors (Lipinski definition) is 4. The first-order valence-electron chi connectivity index (χ1n) is 8.80. The van der Waals surface area contributed by atoms with Crippen molar-refractivity contribution in [1.29, 1.82) is 0 Å². The summed E-state index contributed by atoms with van der Waals surface area (Å²) >= 11 is 1.71. The van der Waals surface area contributed by atoms with Gasteiger partial charge in [-0.1, -0.05) is 18.9 Å². The molecule has 1 aliphatic rings. The van der Waals surface area contributed by atoms with Gasteiger partial charge in [0.05, 0.1) is 12.2 Å². The van der Waals surface area contributed by atoms with Gasteiger partial charge in [0.25, 0.3) is 5.91 Å². The highest BCUT2D eigenvalue weighted by molar-refractivity contribution is 7.10. The summed E-state index contributed by atoms with van der Waals surface area (Å²) in [6.45, 7) is 3.91. The van der Waals surface area contributed by atoms with E-state index in [1.54, 1.807) is 22.0 Å². The summed E-state index contributed by atoms with van der Waals surface area (Å²) in [5.41, 5.74) is 3.05. The maximum absolute atomic E-state index is 13.0. The van der Waals surface area contributed by atoms with Gasteiger partial charge in [-0.05, 0) is 50.1 Å². The van der Waals surface area contributed by atoms with Crippen molar-refractivity contribution in [3.63, 3.8) is 0 Å². The average molecular weight is 354 g/mol. The van der Waals surface area contributed by atoms with Crippen LogP contribution in [0.15, 0.2) is 29.8 Å². The molecule has 6 heteroatoms. The van der Waals surface area contributed by atoms with Crippen LogP contribution in [0.5, 0.6) is 0 Å². The van der Waals surface area contributed by atoms with E-state index in [1.165, 1.54) is 30.6 Å². The first-order chi connectivity index (χ1) is 12.1. The highest BCUT2D eigenvalue weighted by Crippen LogP contribution is 2.37. The van der Waals surface area contributed by atoms with Crippen molar-refractivity contribution in [3.8, 4) is 0 Å². The van der Waals surface area contributed by atoms with Crippen LogP contribution in [0.4, 0.5) is 0 Å². The second kappa shape index (κ2) is 6.59.